The minimum absolute atomic E-state index is 0.330. The largest absolute Gasteiger partial charge is 0.328 e. The molecule has 0 aromatic carbocycles. The molecule has 72 valence electrons. The van der Waals surface area contributed by atoms with Gasteiger partial charge in [-0.25, -0.2) is 0 Å². The maximum Gasteiger partial charge on any atom is 0.0207 e. The summed E-state index contributed by atoms with van der Waals surface area (Å²) in [6, 6.07) is 1.03. The van der Waals surface area contributed by atoms with Gasteiger partial charge >= 0.3 is 0 Å². The summed E-state index contributed by atoms with van der Waals surface area (Å²) in [5.41, 5.74) is 5.65. The fourth-order valence-corrected chi connectivity index (χ4v) is 1.62. The molecule has 1 heterocycles. The van der Waals surface area contributed by atoms with E-state index in [0.717, 1.165) is 13.0 Å². The van der Waals surface area contributed by atoms with E-state index in [-0.39, 0.29) is 0 Å². The van der Waals surface area contributed by atoms with Crippen LogP contribution in [0.5, 0.6) is 0 Å². The van der Waals surface area contributed by atoms with Crippen molar-refractivity contribution < 1.29 is 0 Å². The summed E-state index contributed by atoms with van der Waals surface area (Å²) in [6.07, 6.45) is 2.37. The Labute approximate surface area is 75.3 Å². The molecular formula is C9H21N3. The van der Waals surface area contributed by atoms with E-state index in [1.54, 1.807) is 0 Å². The normalized spacial score (nSPS) is 27.8. The lowest BCUT2D eigenvalue weighted by molar-refractivity contribution is 0.396. The van der Waals surface area contributed by atoms with Gasteiger partial charge in [0, 0.05) is 18.6 Å². The van der Waals surface area contributed by atoms with Gasteiger partial charge in [0.15, 0.2) is 0 Å². The zero-order valence-corrected chi connectivity index (χ0v) is 8.21. The second-order valence-corrected chi connectivity index (χ2v) is 3.97. The van der Waals surface area contributed by atoms with E-state index in [4.69, 9.17) is 5.73 Å². The van der Waals surface area contributed by atoms with Gasteiger partial charge in [0.2, 0.25) is 0 Å². The minimum atomic E-state index is 0.330. The van der Waals surface area contributed by atoms with E-state index in [9.17, 15) is 0 Å². The molecular weight excluding hydrogens is 150 g/mol. The van der Waals surface area contributed by atoms with Crippen molar-refractivity contribution in [1.82, 2.24) is 10.2 Å². The van der Waals surface area contributed by atoms with Crippen molar-refractivity contribution in [3.8, 4) is 0 Å². The van der Waals surface area contributed by atoms with Crippen LogP contribution in [0.2, 0.25) is 0 Å². The zero-order chi connectivity index (χ0) is 8.97. The lowest BCUT2D eigenvalue weighted by Crippen LogP contribution is -2.34. The van der Waals surface area contributed by atoms with E-state index in [1.165, 1.54) is 19.5 Å². The van der Waals surface area contributed by atoms with Crippen LogP contribution >= 0.6 is 0 Å². The van der Waals surface area contributed by atoms with Crippen LogP contribution in [0.25, 0.3) is 0 Å². The molecule has 1 rings (SSSR count). The maximum absolute atomic E-state index is 5.65. The summed E-state index contributed by atoms with van der Waals surface area (Å²) >= 11 is 0. The maximum atomic E-state index is 5.65. The molecule has 3 N–H and O–H groups in total. The first-order valence-corrected chi connectivity index (χ1v) is 4.86. The highest BCUT2D eigenvalue weighted by Crippen LogP contribution is 2.05. The van der Waals surface area contributed by atoms with E-state index in [0.29, 0.717) is 12.1 Å². The molecule has 0 saturated carbocycles. The molecule has 1 saturated heterocycles. The Hall–Kier alpha value is -0.120. The van der Waals surface area contributed by atoms with Gasteiger partial charge in [-0.3, -0.25) is 0 Å². The highest BCUT2D eigenvalue weighted by atomic mass is 15.2. The van der Waals surface area contributed by atoms with E-state index in [2.05, 4.69) is 24.2 Å². The number of nitrogens with zero attached hydrogens (tertiary/aromatic N) is 1. The van der Waals surface area contributed by atoms with Crippen molar-refractivity contribution in [2.24, 2.45) is 5.73 Å². The van der Waals surface area contributed by atoms with Crippen LogP contribution in [0, 0.1) is 0 Å². The van der Waals surface area contributed by atoms with Gasteiger partial charge in [0.1, 0.15) is 0 Å². The van der Waals surface area contributed by atoms with E-state index < -0.39 is 0 Å². The van der Waals surface area contributed by atoms with Gasteiger partial charge in [-0.1, -0.05) is 0 Å². The number of likely N-dealkylation sites (N-methyl/N-ethyl adjacent to an activating group) is 1. The molecule has 1 aliphatic heterocycles. The molecule has 0 radical (unpaired) electrons. The third-order valence-corrected chi connectivity index (χ3v) is 2.42. The van der Waals surface area contributed by atoms with Crippen molar-refractivity contribution in [3.05, 3.63) is 0 Å². The van der Waals surface area contributed by atoms with Crippen LogP contribution in [-0.2, 0) is 0 Å². The lowest BCUT2D eigenvalue weighted by Gasteiger charge is -2.13. The first-order valence-electron chi connectivity index (χ1n) is 4.86. The molecule has 12 heavy (non-hydrogen) atoms. The molecule has 3 heteroatoms. The minimum Gasteiger partial charge on any atom is -0.328 e. The van der Waals surface area contributed by atoms with Crippen molar-refractivity contribution in [3.63, 3.8) is 0 Å². The SMILES string of the molecule is CC(N)CCNC1CCN(C)C1. The van der Waals surface area contributed by atoms with Crippen LogP contribution in [0.1, 0.15) is 19.8 Å². The standard InChI is InChI=1S/C9H21N3/c1-8(10)3-5-11-9-4-6-12(2)7-9/h8-9,11H,3-7,10H2,1-2H3. The second kappa shape index (κ2) is 4.80. The van der Waals surface area contributed by atoms with Crippen LogP contribution in [0.4, 0.5) is 0 Å². The van der Waals surface area contributed by atoms with Gasteiger partial charge in [-0.05, 0) is 39.9 Å². The number of nitrogens with one attached hydrogen (secondary N) is 1. The van der Waals surface area contributed by atoms with E-state index in [1.807, 2.05) is 0 Å². The summed E-state index contributed by atoms with van der Waals surface area (Å²) in [7, 11) is 2.17. The Morgan fingerprint density at radius 3 is 2.92 bits per heavy atom. The molecule has 2 unspecified atom stereocenters. The molecule has 2 atom stereocenters. The molecule has 0 bridgehead atoms. The Kier molecular flexibility index (Phi) is 3.98. The predicted octanol–water partition coefficient (Wildman–Crippen LogP) is 0.0174. The first kappa shape index (κ1) is 9.96. The number of likely N-dealkylation sites (tertiary alicyclic amines) is 1. The molecule has 0 aliphatic carbocycles. The van der Waals surface area contributed by atoms with Gasteiger partial charge < -0.3 is 16.0 Å². The highest BCUT2D eigenvalue weighted by molar-refractivity contribution is 4.78. The van der Waals surface area contributed by atoms with Gasteiger partial charge in [0.05, 0.1) is 0 Å². The van der Waals surface area contributed by atoms with Crippen molar-refractivity contribution in [2.45, 2.75) is 31.8 Å². The average molecular weight is 171 g/mol. The predicted molar refractivity (Wildman–Crippen MR) is 52.2 cm³/mol. The van der Waals surface area contributed by atoms with Crippen molar-refractivity contribution >= 4 is 0 Å². The van der Waals surface area contributed by atoms with E-state index >= 15 is 0 Å². The van der Waals surface area contributed by atoms with Crippen LogP contribution in [-0.4, -0.2) is 43.7 Å². The molecule has 1 aliphatic rings. The number of nitrogens with two attached hydrogens (primary N) is 1. The Balaban J connectivity index is 2.00. The molecule has 0 aromatic rings. The van der Waals surface area contributed by atoms with Crippen LogP contribution in [0.3, 0.4) is 0 Å². The summed E-state index contributed by atoms with van der Waals surface area (Å²) in [4.78, 5) is 2.36. The summed E-state index contributed by atoms with van der Waals surface area (Å²) in [6.45, 7) is 5.55. The smallest absolute Gasteiger partial charge is 0.0207 e. The van der Waals surface area contributed by atoms with Crippen molar-refractivity contribution in [1.29, 1.82) is 0 Å². The Bertz CT molecular complexity index is 125. The zero-order valence-electron chi connectivity index (χ0n) is 8.21. The fraction of sp³-hybridized carbons (Fsp3) is 1.00. The first-order chi connectivity index (χ1) is 5.68. The van der Waals surface area contributed by atoms with Crippen molar-refractivity contribution in [2.75, 3.05) is 26.7 Å². The topological polar surface area (TPSA) is 41.3 Å². The highest BCUT2D eigenvalue weighted by Gasteiger charge is 2.17. The summed E-state index contributed by atoms with van der Waals surface area (Å²) in [5, 5.41) is 3.52. The monoisotopic (exact) mass is 171 g/mol. The molecule has 0 spiro atoms. The number of hydrogen-bond acceptors (Lipinski definition) is 3. The third kappa shape index (κ3) is 3.52. The molecule has 0 aromatic heterocycles. The molecule has 3 nitrogen and oxygen atoms in total. The van der Waals surface area contributed by atoms with Gasteiger partial charge in [0.25, 0.3) is 0 Å². The number of rotatable bonds is 4. The Morgan fingerprint density at radius 1 is 1.67 bits per heavy atom. The summed E-state index contributed by atoms with van der Waals surface area (Å²) in [5.74, 6) is 0. The Morgan fingerprint density at radius 2 is 2.42 bits per heavy atom. The number of hydrogen-bond donors (Lipinski definition) is 2. The quantitative estimate of drug-likeness (QED) is 0.626. The van der Waals surface area contributed by atoms with Gasteiger partial charge in [-0.15, -0.1) is 0 Å². The summed E-state index contributed by atoms with van der Waals surface area (Å²) < 4.78 is 0. The lowest BCUT2D eigenvalue weighted by atomic mass is 10.2. The third-order valence-electron chi connectivity index (χ3n) is 2.42. The van der Waals surface area contributed by atoms with Gasteiger partial charge in [-0.2, -0.15) is 0 Å². The van der Waals surface area contributed by atoms with Crippen LogP contribution in [0.15, 0.2) is 0 Å². The molecule has 0 amide bonds. The molecule has 1 fully saturated rings. The fourth-order valence-electron chi connectivity index (χ4n) is 1.62. The second-order valence-electron chi connectivity index (χ2n) is 3.97. The average Bonchev–Trinajstić information content (AvgIpc) is 2.35. The van der Waals surface area contributed by atoms with Crippen LogP contribution < -0.4 is 11.1 Å².